The highest BCUT2D eigenvalue weighted by atomic mass is 35.5. The summed E-state index contributed by atoms with van der Waals surface area (Å²) in [5.41, 5.74) is 5.21. The fourth-order valence-electron chi connectivity index (χ4n) is 0.248. The van der Waals surface area contributed by atoms with Crippen LogP contribution in [-0.4, -0.2) is 23.8 Å². The first-order chi connectivity index (χ1) is 3.63. The van der Waals surface area contributed by atoms with E-state index >= 15 is 0 Å². The van der Waals surface area contributed by atoms with Crippen molar-refractivity contribution < 1.29 is 9.90 Å². The molecule has 9 heavy (non-hydrogen) atoms. The zero-order valence-electron chi connectivity index (χ0n) is 5.13. The third kappa shape index (κ3) is 11.2. The van der Waals surface area contributed by atoms with Crippen LogP contribution in [0.3, 0.4) is 0 Å². The van der Waals surface area contributed by atoms with E-state index < -0.39 is 6.09 Å². The van der Waals surface area contributed by atoms with Gasteiger partial charge in [0.2, 0.25) is 0 Å². The van der Waals surface area contributed by atoms with Crippen LogP contribution in [0.15, 0.2) is 0 Å². The largest absolute Gasteiger partial charge is 0.465 e. The Morgan fingerprint density at radius 2 is 2.33 bits per heavy atom. The highest BCUT2D eigenvalue weighted by Gasteiger charge is 1.94. The monoisotopic (exact) mass is 154 g/mol. The zero-order chi connectivity index (χ0) is 6.57. The second-order valence-electron chi connectivity index (χ2n) is 1.66. The summed E-state index contributed by atoms with van der Waals surface area (Å²) in [6, 6.07) is -0.105. The molecule has 0 spiro atoms. The minimum absolute atomic E-state index is 0. The maximum atomic E-state index is 9.74. The van der Waals surface area contributed by atoms with E-state index in [0.29, 0.717) is 6.54 Å². The molecular formula is C4H11ClN2O2. The molecule has 0 aromatic carbocycles. The van der Waals surface area contributed by atoms with Crippen LogP contribution in [0.2, 0.25) is 0 Å². The Morgan fingerprint density at radius 1 is 1.89 bits per heavy atom. The summed E-state index contributed by atoms with van der Waals surface area (Å²) in [6.45, 7) is 2.05. The van der Waals surface area contributed by atoms with E-state index in [1.165, 1.54) is 0 Å². The lowest BCUT2D eigenvalue weighted by molar-refractivity contribution is 0.194. The Kier molecular flexibility index (Phi) is 7.12. The summed E-state index contributed by atoms with van der Waals surface area (Å²) in [7, 11) is 0. The molecule has 0 aliphatic carbocycles. The molecule has 1 amide bonds. The molecule has 56 valence electrons. The van der Waals surface area contributed by atoms with Crippen molar-refractivity contribution in [2.75, 3.05) is 6.54 Å². The molecule has 0 aliphatic rings. The van der Waals surface area contributed by atoms with E-state index in [9.17, 15) is 4.79 Å². The average Bonchev–Trinajstić information content (AvgIpc) is 1.61. The van der Waals surface area contributed by atoms with Gasteiger partial charge < -0.3 is 16.2 Å². The van der Waals surface area contributed by atoms with Gasteiger partial charge in [0.1, 0.15) is 0 Å². The van der Waals surface area contributed by atoms with E-state index in [-0.39, 0.29) is 18.4 Å². The molecule has 0 aliphatic heterocycles. The molecule has 5 heteroatoms. The average molecular weight is 155 g/mol. The standard InChI is InChI=1S/C4H10N2O2.ClH/c1-3(5)2-6-4(7)8;/h3,6H,2,5H2,1H3,(H,7,8);1H. The maximum absolute atomic E-state index is 9.74. The fourth-order valence-corrected chi connectivity index (χ4v) is 0.248. The van der Waals surface area contributed by atoms with Gasteiger partial charge in [-0.15, -0.1) is 12.4 Å². The molecule has 0 heterocycles. The number of halogens is 1. The van der Waals surface area contributed by atoms with Crippen molar-refractivity contribution in [3.05, 3.63) is 0 Å². The zero-order valence-corrected chi connectivity index (χ0v) is 5.94. The number of amides is 1. The SMILES string of the molecule is CC(N)CNC(=O)O.Cl. The van der Waals surface area contributed by atoms with Gasteiger partial charge in [-0.05, 0) is 6.92 Å². The van der Waals surface area contributed by atoms with E-state index in [4.69, 9.17) is 10.8 Å². The van der Waals surface area contributed by atoms with Crippen LogP contribution in [-0.2, 0) is 0 Å². The Balaban J connectivity index is 0. The lowest BCUT2D eigenvalue weighted by Gasteiger charge is -2.01. The molecule has 0 aromatic heterocycles. The first kappa shape index (κ1) is 11.3. The van der Waals surface area contributed by atoms with E-state index in [0.717, 1.165) is 0 Å². The highest BCUT2D eigenvalue weighted by molar-refractivity contribution is 5.85. The van der Waals surface area contributed by atoms with Gasteiger partial charge in [0.25, 0.3) is 0 Å². The van der Waals surface area contributed by atoms with E-state index in [1.807, 2.05) is 0 Å². The van der Waals surface area contributed by atoms with Gasteiger partial charge in [-0.1, -0.05) is 0 Å². The van der Waals surface area contributed by atoms with Crippen molar-refractivity contribution >= 4 is 18.5 Å². The smallest absolute Gasteiger partial charge is 0.404 e. The van der Waals surface area contributed by atoms with Crippen LogP contribution in [0.4, 0.5) is 4.79 Å². The third-order valence-electron chi connectivity index (χ3n) is 0.575. The molecule has 0 fully saturated rings. The Morgan fingerprint density at radius 3 is 2.44 bits per heavy atom. The molecule has 0 radical (unpaired) electrons. The van der Waals surface area contributed by atoms with Gasteiger partial charge in [-0.25, -0.2) is 4.79 Å². The Labute approximate surface area is 59.8 Å². The van der Waals surface area contributed by atoms with Crippen LogP contribution in [0.25, 0.3) is 0 Å². The van der Waals surface area contributed by atoms with E-state index in [2.05, 4.69) is 5.32 Å². The summed E-state index contributed by atoms with van der Waals surface area (Å²) in [4.78, 5) is 9.74. The Hall–Kier alpha value is -0.480. The molecule has 0 bridgehead atoms. The highest BCUT2D eigenvalue weighted by Crippen LogP contribution is 1.68. The number of nitrogens with two attached hydrogens (primary N) is 1. The van der Waals surface area contributed by atoms with Crippen LogP contribution in [0, 0.1) is 0 Å². The normalized spacial score (nSPS) is 11.3. The second kappa shape index (κ2) is 5.65. The molecule has 1 atom stereocenters. The van der Waals surface area contributed by atoms with Crippen molar-refractivity contribution in [3.63, 3.8) is 0 Å². The van der Waals surface area contributed by atoms with Crippen molar-refractivity contribution in [1.82, 2.24) is 5.32 Å². The number of hydrogen-bond donors (Lipinski definition) is 3. The number of carbonyl (C=O) groups is 1. The fraction of sp³-hybridized carbons (Fsp3) is 0.750. The molecule has 0 aromatic rings. The molecular weight excluding hydrogens is 144 g/mol. The number of carboxylic acid groups (broad SMARTS) is 1. The number of nitrogens with one attached hydrogen (secondary N) is 1. The minimum Gasteiger partial charge on any atom is -0.465 e. The van der Waals surface area contributed by atoms with Gasteiger partial charge in [0, 0.05) is 12.6 Å². The van der Waals surface area contributed by atoms with Crippen molar-refractivity contribution in [2.24, 2.45) is 5.73 Å². The van der Waals surface area contributed by atoms with Crippen LogP contribution < -0.4 is 11.1 Å². The molecule has 4 N–H and O–H groups in total. The maximum Gasteiger partial charge on any atom is 0.404 e. The molecule has 0 saturated heterocycles. The van der Waals surface area contributed by atoms with Gasteiger partial charge in [0.05, 0.1) is 0 Å². The number of rotatable bonds is 2. The van der Waals surface area contributed by atoms with Gasteiger partial charge in [-0.2, -0.15) is 0 Å². The molecule has 0 rings (SSSR count). The van der Waals surface area contributed by atoms with Crippen LogP contribution in [0.1, 0.15) is 6.92 Å². The third-order valence-corrected chi connectivity index (χ3v) is 0.575. The summed E-state index contributed by atoms with van der Waals surface area (Å²) in [5.74, 6) is 0. The van der Waals surface area contributed by atoms with Crippen LogP contribution in [0.5, 0.6) is 0 Å². The topological polar surface area (TPSA) is 75.3 Å². The van der Waals surface area contributed by atoms with Crippen molar-refractivity contribution in [2.45, 2.75) is 13.0 Å². The van der Waals surface area contributed by atoms with Gasteiger partial charge in [-0.3, -0.25) is 0 Å². The molecule has 4 nitrogen and oxygen atoms in total. The quantitative estimate of drug-likeness (QED) is 0.525. The lowest BCUT2D eigenvalue weighted by Crippen LogP contribution is -2.34. The second-order valence-corrected chi connectivity index (χ2v) is 1.66. The summed E-state index contributed by atoms with van der Waals surface area (Å²) in [5, 5.41) is 10.1. The van der Waals surface area contributed by atoms with Crippen molar-refractivity contribution in [3.8, 4) is 0 Å². The first-order valence-electron chi connectivity index (χ1n) is 2.35. The Bertz CT molecular complexity index is 86.6. The lowest BCUT2D eigenvalue weighted by atomic mass is 10.4. The minimum atomic E-state index is -1.03. The summed E-state index contributed by atoms with van der Waals surface area (Å²) in [6.07, 6.45) is -1.03. The first-order valence-corrected chi connectivity index (χ1v) is 2.35. The van der Waals surface area contributed by atoms with Gasteiger partial charge in [0.15, 0.2) is 0 Å². The van der Waals surface area contributed by atoms with Crippen molar-refractivity contribution in [1.29, 1.82) is 0 Å². The predicted molar refractivity (Wildman–Crippen MR) is 36.9 cm³/mol. The molecule has 0 saturated carbocycles. The number of hydrogen-bond acceptors (Lipinski definition) is 2. The summed E-state index contributed by atoms with van der Waals surface area (Å²) < 4.78 is 0. The van der Waals surface area contributed by atoms with Crippen LogP contribution >= 0.6 is 12.4 Å². The van der Waals surface area contributed by atoms with E-state index in [1.54, 1.807) is 6.92 Å². The summed E-state index contributed by atoms with van der Waals surface area (Å²) >= 11 is 0. The molecule has 1 unspecified atom stereocenters. The predicted octanol–water partition coefficient (Wildman–Crippen LogP) is 0.0230. The van der Waals surface area contributed by atoms with Gasteiger partial charge >= 0.3 is 6.09 Å².